The van der Waals surface area contributed by atoms with Gasteiger partial charge >= 0.3 is 0 Å². The summed E-state index contributed by atoms with van der Waals surface area (Å²) in [5.74, 6) is 0.656. The molecule has 5 heteroatoms. The molecule has 1 fully saturated rings. The number of rotatable bonds is 2. The second-order valence-corrected chi connectivity index (χ2v) is 6.30. The number of halogens is 1. The molecule has 3 rings (SSSR count). The van der Waals surface area contributed by atoms with Crippen molar-refractivity contribution in [1.82, 2.24) is 14.8 Å². The average molecular weight is 362 g/mol. The van der Waals surface area contributed by atoms with Gasteiger partial charge in [0.1, 0.15) is 0 Å². The van der Waals surface area contributed by atoms with Crippen molar-refractivity contribution in [2.24, 2.45) is 5.92 Å². The van der Waals surface area contributed by atoms with E-state index in [1.54, 1.807) is 0 Å². The van der Waals surface area contributed by atoms with Crippen molar-refractivity contribution < 1.29 is 0 Å². The third-order valence-electron chi connectivity index (χ3n) is 3.63. The Labute approximate surface area is 137 Å². The van der Waals surface area contributed by atoms with Crippen LogP contribution in [0.5, 0.6) is 0 Å². The molecule has 0 aromatic carbocycles. The molecule has 0 aliphatic heterocycles. The van der Waals surface area contributed by atoms with Gasteiger partial charge in [0.15, 0.2) is 4.77 Å². The molecule has 1 aromatic heterocycles. The first-order valence-electron chi connectivity index (χ1n) is 6.93. The first-order valence-corrected chi connectivity index (χ1v) is 8.13. The fourth-order valence-corrected chi connectivity index (χ4v) is 3.24. The predicted molar refractivity (Wildman–Crippen MR) is 92.2 cm³/mol. The van der Waals surface area contributed by atoms with Crippen molar-refractivity contribution in [2.45, 2.75) is 19.3 Å². The van der Waals surface area contributed by atoms with Crippen LogP contribution in [0.4, 0.5) is 0 Å². The molecule has 0 radical (unpaired) electrons. The molecule has 0 amide bonds. The highest BCUT2D eigenvalue weighted by molar-refractivity contribution is 9.10. The summed E-state index contributed by atoms with van der Waals surface area (Å²) < 4.78 is 3.20. The summed E-state index contributed by atoms with van der Waals surface area (Å²) in [5.41, 5.74) is 3.50. The monoisotopic (exact) mass is 361 g/mol. The summed E-state index contributed by atoms with van der Waals surface area (Å²) in [6.45, 7) is 4.18. The van der Waals surface area contributed by atoms with E-state index in [9.17, 15) is 0 Å². The predicted octanol–water partition coefficient (Wildman–Crippen LogP) is 4.95. The van der Waals surface area contributed by atoms with Crippen LogP contribution in [0.25, 0.3) is 5.70 Å². The fourth-order valence-electron chi connectivity index (χ4n) is 2.38. The quantitative estimate of drug-likeness (QED) is 0.755. The van der Waals surface area contributed by atoms with Crippen LogP contribution >= 0.6 is 28.1 Å². The first kappa shape index (κ1) is 14.5. The van der Waals surface area contributed by atoms with Crippen LogP contribution < -0.4 is 0 Å². The Morgan fingerprint density at radius 3 is 2.81 bits per heavy atom. The maximum absolute atomic E-state index is 5.31. The van der Waals surface area contributed by atoms with Gasteiger partial charge in [-0.1, -0.05) is 37.0 Å². The van der Waals surface area contributed by atoms with E-state index >= 15 is 0 Å². The Hall–Kier alpha value is -1.46. The average Bonchev–Trinajstić information content (AvgIpc) is 3.24. The lowest BCUT2D eigenvalue weighted by Crippen LogP contribution is -1.98. The molecule has 1 heterocycles. The maximum atomic E-state index is 5.31. The molecular formula is C16H16BrN3S. The summed E-state index contributed by atoms with van der Waals surface area (Å²) in [6, 6.07) is 0. The molecule has 0 unspecified atom stereocenters. The van der Waals surface area contributed by atoms with E-state index in [1.165, 1.54) is 18.4 Å². The lowest BCUT2D eigenvalue weighted by Gasteiger charge is -2.09. The molecule has 0 bridgehead atoms. The number of nitrogens with one attached hydrogen (secondary N) is 1. The minimum Gasteiger partial charge on any atom is -0.266 e. The number of allylic oxidation sites excluding steroid dienone is 9. The van der Waals surface area contributed by atoms with Crippen LogP contribution in [0.15, 0.2) is 58.9 Å². The number of aromatic amines is 1. The SMILES string of the molecule is C=C1/C=C\C=C/C/C(n2c(Br)n[nH]c2=S)=C\C=C1C1CC1. The zero-order valence-electron chi connectivity index (χ0n) is 11.6. The van der Waals surface area contributed by atoms with Gasteiger partial charge in [-0.2, -0.15) is 0 Å². The highest BCUT2D eigenvalue weighted by atomic mass is 79.9. The molecule has 108 valence electrons. The third-order valence-corrected chi connectivity index (χ3v) is 4.44. The van der Waals surface area contributed by atoms with Gasteiger partial charge in [-0.3, -0.25) is 9.67 Å². The number of hydrogen-bond donors (Lipinski definition) is 1. The van der Waals surface area contributed by atoms with Crippen LogP contribution in [0, 0.1) is 10.7 Å². The highest BCUT2D eigenvalue weighted by Crippen LogP contribution is 2.40. The van der Waals surface area contributed by atoms with E-state index < -0.39 is 0 Å². The third kappa shape index (κ3) is 3.24. The Bertz CT molecular complexity index is 742. The van der Waals surface area contributed by atoms with Gasteiger partial charge in [0.25, 0.3) is 0 Å². The summed E-state index contributed by atoms with van der Waals surface area (Å²) in [7, 11) is 0. The van der Waals surface area contributed by atoms with E-state index in [0.717, 1.165) is 17.7 Å². The lowest BCUT2D eigenvalue weighted by molar-refractivity contribution is 0.986. The lowest BCUT2D eigenvalue weighted by atomic mass is 10.0. The van der Waals surface area contributed by atoms with Crippen molar-refractivity contribution in [1.29, 1.82) is 0 Å². The normalized spacial score (nSPS) is 24.9. The molecule has 21 heavy (non-hydrogen) atoms. The standard InChI is InChI=1S/C16H16BrN3S/c1-11-5-3-2-4-6-13(9-10-14(11)12-7-8-12)20-15(17)18-19-16(20)21/h2-5,9-10,12H,1,6-8H2,(H,19,21)/b4-2-,5-3-,13-9+,14-10?. The fraction of sp³-hybridized carbons (Fsp3) is 0.250. The van der Waals surface area contributed by atoms with Gasteiger partial charge in [0.05, 0.1) is 0 Å². The molecule has 1 N–H and O–H groups in total. The Morgan fingerprint density at radius 1 is 1.33 bits per heavy atom. The second-order valence-electron chi connectivity index (χ2n) is 5.20. The van der Waals surface area contributed by atoms with Crippen LogP contribution in [0.1, 0.15) is 19.3 Å². The van der Waals surface area contributed by atoms with Crippen molar-refractivity contribution in [3.05, 3.63) is 63.7 Å². The molecule has 1 aromatic rings. The van der Waals surface area contributed by atoms with E-state index in [1.807, 2.05) is 16.7 Å². The molecule has 2 aliphatic carbocycles. The van der Waals surface area contributed by atoms with E-state index in [-0.39, 0.29) is 0 Å². The zero-order valence-corrected chi connectivity index (χ0v) is 14.0. The van der Waals surface area contributed by atoms with Gasteiger partial charge in [-0.05, 0) is 64.1 Å². The van der Waals surface area contributed by atoms with Crippen LogP contribution in [-0.4, -0.2) is 14.8 Å². The Balaban J connectivity index is 2.06. The molecule has 1 saturated carbocycles. The first-order chi connectivity index (χ1) is 10.2. The van der Waals surface area contributed by atoms with E-state index in [4.69, 9.17) is 12.2 Å². The molecule has 0 saturated heterocycles. The van der Waals surface area contributed by atoms with Gasteiger partial charge in [-0.15, -0.1) is 5.10 Å². The second kappa shape index (κ2) is 6.12. The molecule has 0 spiro atoms. The summed E-state index contributed by atoms with van der Waals surface area (Å²) in [5, 5.41) is 6.92. The summed E-state index contributed by atoms with van der Waals surface area (Å²) in [6.07, 6.45) is 15.9. The van der Waals surface area contributed by atoms with Gasteiger partial charge < -0.3 is 0 Å². The number of aromatic nitrogens is 3. The maximum Gasteiger partial charge on any atom is 0.202 e. The number of H-pyrrole nitrogens is 1. The van der Waals surface area contributed by atoms with Crippen molar-refractivity contribution in [2.75, 3.05) is 0 Å². The Kier molecular flexibility index (Phi) is 4.22. The van der Waals surface area contributed by atoms with E-state index in [2.05, 4.69) is 57.0 Å². The molecular weight excluding hydrogens is 346 g/mol. The largest absolute Gasteiger partial charge is 0.266 e. The van der Waals surface area contributed by atoms with Crippen molar-refractivity contribution in [3.63, 3.8) is 0 Å². The minimum atomic E-state index is 0.592. The molecule has 0 atom stereocenters. The van der Waals surface area contributed by atoms with Crippen LogP contribution in [0.3, 0.4) is 0 Å². The zero-order chi connectivity index (χ0) is 14.8. The summed E-state index contributed by atoms with van der Waals surface area (Å²) in [4.78, 5) is 0. The summed E-state index contributed by atoms with van der Waals surface area (Å²) >= 11 is 8.74. The number of nitrogens with zero attached hydrogens (tertiary/aromatic N) is 2. The molecule has 3 nitrogen and oxygen atoms in total. The van der Waals surface area contributed by atoms with Gasteiger partial charge in [0.2, 0.25) is 4.73 Å². The minimum absolute atomic E-state index is 0.592. The smallest absolute Gasteiger partial charge is 0.202 e. The highest BCUT2D eigenvalue weighted by Gasteiger charge is 2.26. The van der Waals surface area contributed by atoms with Gasteiger partial charge in [0, 0.05) is 12.1 Å². The molecule has 2 aliphatic rings. The number of hydrogen-bond acceptors (Lipinski definition) is 2. The van der Waals surface area contributed by atoms with E-state index in [0.29, 0.717) is 15.4 Å². The van der Waals surface area contributed by atoms with Crippen molar-refractivity contribution >= 4 is 33.8 Å². The topological polar surface area (TPSA) is 33.6 Å². The Morgan fingerprint density at radius 2 is 2.14 bits per heavy atom. The van der Waals surface area contributed by atoms with Crippen LogP contribution in [0.2, 0.25) is 0 Å². The van der Waals surface area contributed by atoms with Gasteiger partial charge in [-0.25, -0.2) is 0 Å². The van der Waals surface area contributed by atoms with Crippen molar-refractivity contribution in [3.8, 4) is 0 Å². The van der Waals surface area contributed by atoms with Crippen LogP contribution in [-0.2, 0) is 0 Å².